The third-order valence-electron chi connectivity index (χ3n) is 7.74. The van der Waals surface area contributed by atoms with Gasteiger partial charge in [-0.15, -0.1) is 0 Å². The van der Waals surface area contributed by atoms with Gasteiger partial charge in [-0.3, -0.25) is 4.79 Å². The van der Waals surface area contributed by atoms with Crippen LogP contribution in [-0.4, -0.2) is 28.2 Å². The molecule has 0 heterocycles. The zero-order chi connectivity index (χ0) is 19.4. The molecule has 0 aromatic heterocycles. The van der Waals surface area contributed by atoms with Crippen molar-refractivity contribution in [3.63, 3.8) is 0 Å². The normalized spacial score (nSPS) is 37.7. The molecule has 3 nitrogen and oxygen atoms in total. The Morgan fingerprint density at radius 3 is 2.59 bits per heavy atom. The van der Waals surface area contributed by atoms with Crippen molar-refractivity contribution in [1.29, 1.82) is 0 Å². The van der Waals surface area contributed by atoms with E-state index in [-0.39, 0.29) is 29.1 Å². The van der Waals surface area contributed by atoms with E-state index in [0.717, 1.165) is 32.1 Å². The molecule has 27 heavy (non-hydrogen) atoms. The van der Waals surface area contributed by atoms with Crippen LogP contribution in [0.3, 0.4) is 0 Å². The van der Waals surface area contributed by atoms with Gasteiger partial charge in [0.05, 0.1) is 12.0 Å². The molecule has 0 aromatic carbocycles. The van der Waals surface area contributed by atoms with Crippen molar-refractivity contribution in [2.75, 3.05) is 0 Å². The second-order valence-corrected chi connectivity index (χ2v) is 9.41. The van der Waals surface area contributed by atoms with Crippen molar-refractivity contribution in [2.24, 2.45) is 29.1 Å². The van der Waals surface area contributed by atoms with E-state index in [1.807, 2.05) is 6.92 Å². The van der Waals surface area contributed by atoms with Crippen LogP contribution < -0.4 is 0 Å². The minimum atomic E-state index is -0.579. The number of carbonyl (C=O) groups is 1. The molecule has 0 amide bonds. The van der Waals surface area contributed by atoms with Gasteiger partial charge in [-0.1, -0.05) is 70.6 Å². The zero-order valence-corrected chi connectivity index (χ0v) is 17.3. The van der Waals surface area contributed by atoms with E-state index in [2.05, 4.69) is 18.8 Å². The molecule has 0 bridgehead atoms. The first kappa shape index (κ1) is 20.9. The highest BCUT2D eigenvalue weighted by Gasteiger charge is 2.64. The molecule has 0 aromatic rings. The maximum absolute atomic E-state index is 12.8. The number of fused-ring (bicyclic) bond motifs is 1. The molecular weight excluding hydrogens is 336 g/mol. The van der Waals surface area contributed by atoms with Crippen LogP contribution in [0.25, 0.3) is 0 Å². The average molecular weight is 375 g/mol. The van der Waals surface area contributed by atoms with Crippen molar-refractivity contribution in [2.45, 2.75) is 103 Å². The van der Waals surface area contributed by atoms with Crippen molar-refractivity contribution < 1.29 is 15.0 Å². The Bertz CT molecular complexity index is 568. The van der Waals surface area contributed by atoms with E-state index in [1.54, 1.807) is 0 Å². The summed E-state index contributed by atoms with van der Waals surface area (Å²) in [5.41, 5.74) is -0.248. The highest BCUT2D eigenvalue weighted by atomic mass is 16.3. The molecule has 6 atom stereocenters. The van der Waals surface area contributed by atoms with E-state index < -0.39 is 12.2 Å². The van der Waals surface area contributed by atoms with E-state index in [1.165, 1.54) is 38.5 Å². The fraction of sp³-hybridized carbons (Fsp3) is 0.875. The summed E-state index contributed by atoms with van der Waals surface area (Å²) in [5.74, 6) is 7.07. The third-order valence-corrected chi connectivity index (χ3v) is 7.74. The first-order chi connectivity index (χ1) is 13.0. The van der Waals surface area contributed by atoms with Crippen LogP contribution in [0.15, 0.2) is 0 Å². The minimum Gasteiger partial charge on any atom is -0.392 e. The van der Waals surface area contributed by atoms with Crippen LogP contribution in [0, 0.1) is 40.9 Å². The van der Waals surface area contributed by atoms with Crippen LogP contribution in [0.4, 0.5) is 0 Å². The monoisotopic (exact) mass is 374 g/mol. The Morgan fingerprint density at radius 1 is 1.15 bits per heavy atom. The Labute approximate surface area is 165 Å². The van der Waals surface area contributed by atoms with Crippen LogP contribution in [0.5, 0.6) is 0 Å². The second-order valence-electron chi connectivity index (χ2n) is 9.41. The number of aliphatic hydroxyl groups is 2. The Hall–Kier alpha value is -0.850. The molecule has 3 saturated carbocycles. The summed E-state index contributed by atoms with van der Waals surface area (Å²) in [6, 6.07) is 0. The largest absolute Gasteiger partial charge is 0.392 e. The van der Waals surface area contributed by atoms with Gasteiger partial charge in [0.15, 0.2) is 0 Å². The molecule has 0 aliphatic heterocycles. The van der Waals surface area contributed by atoms with Crippen molar-refractivity contribution in [3.05, 3.63) is 0 Å². The fourth-order valence-electron chi connectivity index (χ4n) is 6.15. The maximum Gasteiger partial charge on any atom is 0.142 e. The molecule has 0 saturated heterocycles. The van der Waals surface area contributed by atoms with Crippen molar-refractivity contribution >= 4 is 5.78 Å². The quantitative estimate of drug-likeness (QED) is 0.532. The number of carbonyl (C=O) groups excluding carboxylic acids is 1. The van der Waals surface area contributed by atoms with Crippen LogP contribution in [0.1, 0.15) is 90.9 Å². The summed E-state index contributed by atoms with van der Waals surface area (Å²) in [5, 5.41) is 21.2. The van der Waals surface area contributed by atoms with Gasteiger partial charge in [0.1, 0.15) is 11.9 Å². The Kier molecular flexibility index (Phi) is 7.03. The number of aliphatic hydroxyl groups excluding tert-OH is 2. The maximum atomic E-state index is 12.8. The number of unbranched alkanes of at least 4 members (excludes halogenated alkanes) is 3. The average Bonchev–Trinajstić information content (AvgIpc) is 2.70. The number of hydrogen-bond donors (Lipinski definition) is 2. The SMILES string of the molecule is CCCCCC[C@@]12CC[C@H](O)[C@@H](C#C[C@@H](O)C3CCCCC3)[C@@H]1C(C)C2=O. The molecule has 3 aliphatic carbocycles. The minimum absolute atomic E-state index is 0.00255. The van der Waals surface area contributed by atoms with E-state index in [9.17, 15) is 15.0 Å². The number of ketones is 1. The molecule has 0 spiro atoms. The fourth-order valence-corrected chi connectivity index (χ4v) is 6.15. The van der Waals surface area contributed by atoms with Gasteiger partial charge >= 0.3 is 0 Å². The molecule has 152 valence electrons. The topological polar surface area (TPSA) is 57.5 Å². The molecule has 2 N–H and O–H groups in total. The van der Waals surface area contributed by atoms with Gasteiger partial charge in [-0.25, -0.2) is 0 Å². The van der Waals surface area contributed by atoms with Crippen LogP contribution in [-0.2, 0) is 4.79 Å². The Balaban J connectivity index is 1.70. The second kappa shape index (κ2) is 9.10. The van der Waals surface area contributed by atoms with Crippen LogP contribution >= 0.6 is 0 Å². The van der Waals surface area contributed by atoms with Crippen LogP contribution in [0.2, 0.25) is 0 Å². The van der Waals surface area contributed by atoms with E-state index in [0.29, 0.717) is 12.2 Å². The zero-order valence-electron chi connectivity index (χ0n) is 17.3. The summed E-state index contributed by atoms with van der Waals surface area (Å²) < 4.78 is 0. The molecule has 3 fully saturated rings. The molecule has 3 aliphatic rings. The van der Waals surface area contributed by atoms with E-state index in [4.69, 9.17) is 0 Å². The van der Waals surface area contributed by atoms with Gasteiger partial charge in [-0.2, -0.15) is 0 Å². The van der Waals surface area contributed by atoms with Gasteiger partial charge in [0.2, 0.25) is 0 Å². The summed E-state index contributed by atoms with van der Waals surface area (Å²) in [7, 11) is 0. The molecule has 3 heteroatoms. The lowest BCUT2D eigenvalue weighted by atomic mass is 9.43. The van der Waals surface area contributed by atoms with Gasteiger partial charge < -0.3 is 10.2 Å². The summed E-state index contributed by atoms with van der Waals surface area (Å²) in [6.07, 6.45) is 11.9. The summed E-state index contributed by atoms with van der Waals surface area (Å²) in [6.45, 7) is 4.22. The summed E-state index contributed by atoms with van der Waals surface area (Å²) >= 11 is 0. The lowest BCUT2D eigenvalue weighted by molar-refractivity contribution is -0.174. The van der Waals surface area contributed by atoms with E-state index >= 15 is 0 Å². The van der Waals surface area contributed by atoms with Gasteiger partial charge in [0, 0.05) is 11.3 Å². The predicted molar refractivity (Wildman–Crippen MR) is 108 cm³/mol. The molecular formula is C24H38O3. The standard InChI is InChI=1S/C24H38O3/c1-3-4-5-9-15-24-16-14-21(26)19(22(24)17(2)23(24)27)12-13-20(25)18-10-7-6-8-11-18/h17-22,25-26H,3-11,14-16H2,1-2H3/t17?,19-,20-,21+,22+,24-/m1/s1. The predicted octanol–water partition coefficient (Wildman–Crippen LogP) is 4.49. The molecule has 3 rings (SSSR count). The third kappa shape index (κ3) is 4.13. The van der Waals surface area contributed by atoms with Crippen molar-refractivity contribution in [3.8, 4) is 11.8 Å². The lowest BCUT2D eigenvalue weighted by Gasteiger charge is -2.59. The number of rotatable bonds is 6. The summed E-state index contributed by atoms with van der Waals surface area (Å²) in [4.78, 5) is 12.8. The molecule has 0 radical (unpaired) electrons. The smallest absolute Gasteiger partial charge is 0.142 e. The first-order valence-electron chi connectivity index (χ1n) is 11.4. The Morgan fingerprint density at radius 2 is 1.89 bits per heavy atom. The van der Waals surface area contributed by atoms with Crippen molar-refractivity contribution in [1.82, 2.24) is 0 Å². The highest BCUT2D eigenvalue weighted by Crippen LogP contribution is 2.60. The molecule has 1 unspecified atom stereocenters. The van der Waals surface area contributed by atoms with Gasteiger partial charge in [0.25, 0.3) is 0 Å². The highest BCUT2D eigenvalue weighted by molar-refractivity contribution is 5.94. The first-order valence-corrected chi connectivity index (χ1v) is 11.4. The number of hydrogen-bond acceptors (Lipinski definition) is 3. The van der Waals surface area contributed by atoms with Gasteiger partial charge in [-0.05, 0) is 43.9 Å². The lowest BCUT2D eigenvalue weighted by Crippen LogP contribution is -2.63. The number of Topliss-reactive ketones (excluding diaryl/α,β-unsaturated/α-hetero) is 1.